The first-order valence-electron chi connectivity index (χ1n) is 4.49. The van der Waals surface area contributed by atoms with Crippen LogP contribution in [0.25, 0.3) is 0 Å². The Hall–Kier alpha value is -2.18. The zero-order valence-electron chi connectivity index (χ0n) is 9.20. The molecule has 0 bridgehead atoms. The molecule has 0 fully saturated rings. The maximum atomic E-state index is 11.6. The highest BCUT2D eigenvalue weighted by Crippen LogP contribution is 1.94. The van der Waals surface area contributed by atoms with E-state index >= 15 is 0 Å². The molecule has 2 N–H and O–H groups in total. The van der Waals surface area contributed by atoms with E-state index < -0.39 is 11.5 Å². The number of carbonyl (C=O) groups is 1. The van der Waals surface area contributed by atoms with Gasteiger partial charge >= 0.3 is 0 Å². The van der Waals surface area contributed by atoms with Gasteiger partial charge in [0.1, 0.15) is 12.9 Å². The monoisotopic (exact) mass is 224 g/mol. The Morgan fingerprint density at radius 3 is 2.81 bits per heavy atom. The number of aromatic amines is 1. The molecule has 1 amide bonds. The van der Waals surface area contributed by atoms with E-state index in [0.717, 1.165) is 0 Å². The highest BCUT2D eigenvalue weighted by Gasteiger charge is 2.17. The molecule has 0 unspecified atom stereocenters. The second kappa shape index (κ2) is 5.06. The smallest absolute Gasteiger partial charge is 0.273 e. The van der Waals surface area contributed by atoms with E-state index in [4.69, 9.17) is 0 Å². The molecule has 7 heteroatoms. The van der Waals surface area contributed by atoms with Crippen molar-refractivity contribution >= 4 is 11.6 Å². The average molecular weight is 224 g/mol. The number of aryl methyl sites for hydroxylation is 1. The summed E-state index contributed by atoms with van der Waals surface area (Å²) in [5.74, 6) is -0.0552. The number of hydrogen-bond donors (Lipinski definition) is 2. The lowest BCUT2D eigenvalue weighted by molar-refractivity contribution is -0.114. The number of oxime groups is 1. The topological polar surface area (TPSA) is 96.4 Å². The molecule has 0 aliphatic rings. The fourth-order valence-corrected chi connectivity index (χ4v) is 1.08. The number of nitrogens with one attached hydrogen (secondary N) is 2. The minimum absolute atomic E-state index is 0.0619. The summed E-state index contributed by atoms with van der Waals surface area (Å²) in [5.41, 5.74) is -0.488. The molecule has 16 heavy (non-hydrogen) atoms. The van der Waals surface area contributed by atoms with Gasteiger partial charge in [0, 0.05) is 13.2 Å². The molecule has 1 heterocycles. The second-order valence-electron chi connectivity index (χ2n) is 2.91. The molecule has 86 valence electrons. The number of likely N-dealkylation sites (N-methyl/N-ethyl adjacent to an activating group) is 1. The molecule has 1 aromatic rings. The van der Waals surface area contributed by atoms with Gasteiger partial charge in [0.25, 0.3) is 11.5 Å². The van der Waals surface area contributed by atoms with Gasteiger partial charge in [0.15, 0.2) is 5.71 Å². The summed E-state index contributed by atoms with van der Waals surface area (Å²) in [4.78, 5) is 33.9. The second-order valence-corrected chi connectivity index (χ2v) is 2.91. The summed E-state index contributed by atoms with van der Waals surface area (Å²) >= 11 is 0. The van der Waals surface area contributed by atoms with E-state index in [0.29, 0.717) is 5.82 Å². The van der Waals surface area contributed by atoms with E-state index in [1.54, 1.807) is 6.92 Å². The van der Waals surface area contributed by atoms with Crippen LogP contribution in [0.2, 0.25) is 0 Å². The average Bonchev–Trinajstić information content (AvgIpc) is 2.26. The first-order chi connectivity index (χ1) is 7.60. The summed E-state index contributed by atoms with van der Waals surface area (Å²) < 4.78 is 0. The number of H-pyrrole nitrogens is 1. The molecule has 0 radical (unpaired) electrons. The molecule has 0 saturated heterocycles. The number of amides is 1. The lowest BCUT2D eigenvalue weighted by Gasteiger charge is -2.03. The van der Waals surface area contributed by atoms with Crippen LogP contribution in [0.1, 0.15) is 11.4 Å². The summed E-state index contributed by atoms with van der Waals surface area (Å²) in [5, 5.41) is 5.86. The Morgan fingerprint density at radius 1 is 1.62 bits per heavy atom. The predicted molar refractivity (Wildman–Crippen MR) is 57.2 cm³/mol. The standard InChI is InChI=1S/C9H12N4O3/c1-5-11-4-6(8(14)12-5)7(13-16-3)9(15)10-2/h4H,1-3H3,(H,10,15)(H,11,12,14)/b13-7+. The minimum Gasteiger partial charge on any atom is -0.398 e. The van der Waals surface area contributed by atoms with Gasteiger partial charge in [-0.15, -0.1) is 0 Å². The number of rotatable bonds is 3. The van der Waals surface area contributed by atoms with Crippen LogP contribution in [0.4, 0.5) is 0 Å². The number of nitrogens with zero attached hydrogens (tertiary/aromatic N) is 2. The third kappa shape index (κ3) is 2.44. The maximum Gasteiger partial charge on any atom is 0.273 e. The van der Waals surface area contributed by atoms with E-state index in [9.17, 15) is 9.59 Å². The summed E-state index contributed by atoms with van der Waals surface area (Å²) in [6.45, 7) is 1.64. The molecular weight excluding hydrogens is 212 g/mol. The molecule has 0 aliphatic carbocycles. The Balaban J connectivity index is 3.28. The lowest BCUT2D eigenvalue weighted by atomic mass is 10.2. The van der Waals surface area contributed by atoms with Crippen LogP contribution < -0.4 is 10.9 Å². The molecule has 1 rings (SSSR count). The van der Waals surface area contributed by atoms with Crippen LogP contribution in [0.5, 0.6) is 0 Å². The molecule has 7 nitrogen and oxygen atoms in total. The van der Waals surface area contributed by atoms with Gasteiger partial charge in [-0.25, -0.2) is 4.98 Å². The van der Waals surface area contributed by atoms with Crippen molar-refractivity contribution in [3.8, 4) is 0 Å². The lowest BCUT2D eigenvalue weighted by Crippen LogP contribution is -2.33. The van der Waals surface area contributed by atoms with Crippen molar-refractivity contribution in [2.75, 3.05) is 14.2 Å². The third-order valence-electron chi connectivity index (χ3n) is 1.81. The minimum atomic E-state index is -0.516. The van der Waals surface area contributed by atoms with Crippen LogP contribution in [0.3, 0.4) is 0 Å². The van der Waals surface area contributed by atoms with E-state index in [1.807, 2.05) is 0 Å². The molecule has 0 atom stereocenters. The van der Waals surface area contributed by atoms with Crippen LogP contribution in [-0.2, 0) is 9.63 Å². The Kier molecular flexibility index (Phi) is 3.76. The molecule has 0 aliphatic heterocycles. The van der Waals surface area contributed by atoms with Gasteiger partial charge in [-0.2, -0.15) is 0 Å². The van der Waals surface area contributed by atoms with Crippen LogP contribution in [-0.4, -0.2) is 35.7 Å². The van der Waals surface area contributed by atoms with Gasteiger partial charge in [0.05, 0.1) is 5.56 Å². The molecule has 0 spiro atoms. The van der Waals surface area contributed by atoms with Crippen LogP contribution in [0, 0.1) is 6.92 Å². The Morgan fingerprint density at radius 2 is 2.31 bits per heavy atom. The Bertz CT molecular complexity index is 478. The van der Waals surface area contributed by atoms with Crippen LogP contribution in [0.15, 0.2) is 16.1 Å². The summed E-state index contributed by atoms with van der Waals surface area (Å²) in [6, 6.07) is 0. The summed E-state index contributed by atoms with van der Waals surface area (Å²) in [6.07, 6.45) is 1.28. The van der Waals surface area contributed by atoms with Gasteiger partial charge in [-0.05, 0) is 6.92 Å². The molecule has 1 aromatic heterocycles. The fourth-order valence-electron chi connectivity index (χ4n) is 1.08. The highest BCUT2D eigenvalue weighted by molar-refractivity contribution is 6.45. The van der Waals surface area contributed by atoms with Gasteiger partial charge in [-0.1, -0.05) is 5.16 Å². The zero-order chi connectivity index (χ0) is 12.1. The van der Waals surface area contributed by atoms with Crippen molar-refractivity contribution in [2.45, 2.75) is 6.92 Å². The summed E-state index contributed by atoms with van der Waals surface area (Å²) in [7, 11) is 2.72. The fraction of sp³-hybridized carbons (Fsp3) is 0.333. The van der Waals surface area contributed by atoms with Crippen molar-refractivity contribution in [1.82, 2.24) is 15.3 Å². The van der Waals surface area contributed by atoms with Gasteiger partial charge < -0.3 is 15.1 Å². The zero-order valence-corrected chi connectivity index (χ0v) is 9.20. The van der Waals surface area contributed by atoms with E-state index in [-0.39, 0.29) is 11.3 Å². The SMILES string of the molecule is CNC(=O)/C(=N/OC)c1cnc(C)[nH]c1=O. The predicted octanol–water partition coefficient (Wildman–Crippen LogP) is -0.825. The normalized spacial score (nSPS) is 11.1. The van der Waals surface area contributed by atoms with E-state index in [1.165, 1.54) is 20.4 Å². The third-order valence-corrected chi connectivity index (χ3v) is 1.81. The highest BCUT2D eigenvalue weighted by atomic mass is 16.6. The number of carbonyl (C=O) groups excluding carboxylic acids is 1. The number of aromatic nitrogens is 2. The van der Waals surface area contributed by atoms with Crippen LogP contribution >= 0.6 is 0 Å². The van der Waals surface area contributed by atoms with Gasteiger partial charge in [-0.3, -0.25) is 9.59 Å². The molecule has 0 saturated carbocycles. The van der Waals surface area contributed by atoms with Crippen molar-refractivity contribution < 1.29 is 9.63 Å². The quantitative estimate of drug-likeness (QED) is 0.517. The first-order valence-corrected chi connectivity index (χ1v) is 4.49. The van der Waals surface area contributed by atoms with Crippen molar-refractivity contribution in [1.29, 1.82) is 0 Å². The van der Waals surface area contributed by atoms with Crippen molar-refractivity contribution in [3.05, 3.63) is 27.9 Å². The van der Waals surface area contributed by atoms with Crippen molar-refractivity contribution in [3.63, 3.8) is 0 Å². The maximum absolute atomic E-state index is 11.6. The molecular formula is C9H12N4O3. The first kappa shape index (κ1) is 11.9. The number of hydrogen-bond acceptors (Lipinski definition) is 5. The van der Waals surface area contributed by atoms with Crippen molar-refractivity contribution in [2.24, 2.45) is 5.16 Å². The largest absolute Gasteiger partial charge is 0.398 e. The Labute approximate surface area is 91.5 Å². The van der Waals surface area contributed by atoms with E-state index in [2.05, 4.69) is 25.3 Å². The molecule has 0 aromatic carbocycles. The van der Waals surface area contributed by atoms with Gasteiger partial charge in [0.2, 0.25) is 0 Å².